The second-order valence-corrected chi connectivity index (χ2v) is 5.67. The Morgan fingerprint density at radius 1 is 1.31 bits per heavy atom. The third kappa shape index (κ3) is 3.83. The molecule has 0 saturated carbocycles. The molecule has 3 rings (SSSR count). The van der Waals surface area contributed by atoms with Crippen LogP contribution in [-0.4, -0.2) is 40.2 Å². The van der Waals surface area contributed by atoms with Crippen molar-refractivity contribution < 1.29 is 27.2 Å². The molecule has 1 fully saturated rings. The van der Waals surface area contributed by atoms with Crippen molar-refractivity contribution >= 4 is 5.91 Å². The van der Waals surface area contributed by atoms with E-state index in [1.54, 1.807) is 29.2 Å². The predicted molar refractivity (Wildman–Crippen MR) is 80.1 cm³/mol. The highest BCUT2D eigenvalue weighted by Crippen LogP contribution is 2.29. The van der Waals surface area contributed by atoms with Gasteiger partial charge in [-0.1, -0.05) is 29.4 Å². The van der Waals surface area contributed by atoms with Crippen molar-refractivity contribution in [3.8, 4) is 17.5 Å². The lowest BCUT2D eigenvalue weighted by Crippen LogP contribution is -2.51. The Bertz CT molecular complexity index is 823. The Morgan fingerprint density at radius 3 is 2.50 bits per heavy atom. The number of halogens is 3. The topological polar surface area (TPSA) is 92.2 Å². The number of ether oxygens (including phenoxy) is 1. The van der Waals surface area contributed by atoms with E-state index >= 15 is 0 Å². The monoisotopic (exact) mass is 366 g/mol. The van der Waals surface area contributed by atoms with E-state index < -0.39 is 12.1 Å². The van der Waals surface area contributed by atoms with Gasteiger partial charge < -0.3 is 14.2 Å². The Labute approximate surface area is 146 Å². The molecule has 0 radical (unpaired) electrons. The van der Waals surface area contributed by atoms with E-state index in [0.717, 1.165) is 5.56 Å². The fourth-order valence-corrected chi connectivity index (χ4v) is 2.41. The number of amides is 1. The van der Waals surface area contributed by atoms with Crippen molar-refractivity contribution in [2.45, 2.75) is 25.2 Å². The summed E-state index contributed by atoms with van der Waals surface area (Å²) < 4.78 is 46.8. The summed E-state index contributed by atoms with van der Waals surface area (Å²) in [5, 5.41) is 12.0. The van der Waals surface area contributed by atoms with Gasteiger partial charge in [0.25, 0.3) is 0 Å². The van der Waals surface area contributed by atoms with Crippen LogP contribution in [0.3, 0.4) is 0 Å². The van der Waals surface area contributed by atoms with Gasteiger partial charge in [0.2, 0.25) is 11.7 Å². The third-order valence-electron chi connectivity index (χ3n) is 3.85. The molecule has 1 aliphatic heterocycles. The average Bonchev–Trinajstić information content (AvgIpc) is 3.04. The number of aromatic nitrogens is 2. The minimum Gasteiger partial charge on any atom is -0.377 e. The zero-order valence-electron chi connectivity index (χ0n) is 13.4. The number of hydrogen-bond acceptors (Lipinski definition) is 6. The minimum absolute atomic E-state index is 0.0814. The van der Waals surface area contributed by atoms with Gasteiger partial charge >= 0.3 is 12.1 Å². The van der Waals surface area contributed by atoms with Gasteiger partial charge in [0, 0.05) is 12.1 Å². The van der Waals surface area contributed by atoms with Crippen LogP contribution < -0.4 is 0 Å². The van der Waals surface area contributed by atoms with E-state index in [1.165, 1.54) is 0 Å². The van der Waals surface area contributed by atoms with Gasteiger partial charge in [-0.3, -0.25) is 4.79 Å². The van der Waals surface area contributed by atoms with Gasteiger partial charge in [0.15, 0.2) is 0 Å². The number of carbonyl (C=O) groups is 1. The maximum Gasteiger partial charge on any atom is 0.471 e. The summed E-state index contributed by atoms with van der Waals surface area (Å²) in [6.45, 7) is 1.10. The van der Waals surface area contributed by atoms with Gasteiger partial charge in [-0.15, -0.1) is 0 Å². The zero-order valence-corrected chi connectivity index (χ0v) is 13.4. The van der Waals surface area contributed by atoms with Crippen LogP contribution in [0.5, 0.6) is 0 Å². The first-order valence-electron chi connectivity index (χ1n) is 7.63. The summed E-state index contributed by atoms with van der Waals surface area (Å²) in [6, 6.07) is 8.16. The first-order chi connectivity index (χ1) is 12.4. The number of carbonyl (C=O) groups excluding carboxylic acids is 1. The van der Waals surface area contributed by atoms with Crippen LogP contribution in [0.25, 0.3) is 11.4 Å². The Kier molecular flexibility index (Phi) is 4.90. The largest absolute Gasteiger partial charge is 0.471 e. The predicted octanol–water partition coefficient (Wildman–Crippen LogP) is 2.40. The average molecular weight is 366 g/mol. The molecule has 0 N–H and O–H groups in total. The van der Waals surface area contributed by atoms with E-state index in [4.69, 9.17) is 10.00 Å². The van der Waals surface area contributed by atoms with Crippen LogP contribution in [-0.2, 0) is 22.3 Å². The molecular weight excluding hydrogens is 353 g/mol. The highest BCUT2D eigenvalue weighted by atomic mass is 19.4. The van der Waals surface area contributed by atoms with E-state index in [1.807, 2.05) is 6.07 Å². The smallest absolute Gasteiger partial charge is 0.377 e. The maximum absolute atomic E-state index is 12.5. The lowest BCUT2D eigenvalue weighted by atomic mass is 10.1. The molecule has 0 aliphatic carbocycles. The Balaban J connectivity index is 1.73. The van der Waals surface area contributed by atoms with Crippen LogP contribution in [0.1, 0.15) is 17.9 Å². The first-order valence-corrected chi connectivity index (χ1v) is 7.63. The molecule has 1 aliphatic rings. The van der Waals surface area contributed by atoms with Gasteiger partial charge in [0.1, 0.15) is 6.42 Å². The van der Waals surface area contributed by atoms with E-state index in [2.05, 4.69) is 14.7 Å². The molecule has 136 valence electrons. The summed E-state index contributed by atoms with van der Waals surface area (Å²) in [7, 11) is 0. The van der Waals surface area contributed by atoms with Crippen LogP contribution in [0.4, 0.5) is 13.2 Å². The second kappa shape index (κ2) is 7.13. The summed E-state index contributed by atoms with van der Waals surface area (Å²) in [5.41, 5.74) is 1.11. The van der Waals surface area contributed by atoms with Gasteiger partial charge in [-0.25, -0.2) is 0 Å². The first kappa shape index (κ1) is 17.9. The molecule has 1 aromatic heterocycles. The molecule has 2 heterocycles. The normalized spacial score (nSPS) is 14.5. The molecule has 1 saturated heterocycles. The molecule has 7 nitrogen and oxygen atoms in total. The second-order valence-electron chi connectivity index (χ2n) is 5.67. The minimum atomic E-state index is -4.70. The van der Waals surface area contributed by atoms with E-state index in [-0.39, 0.29) is 30.7 Å². The maximum atomic E-state index is 12.5. The molecule has 10 heteroatoms. The zero-order chi connectivity index (χ0) is 18.7. The standard InChI is InChI=1S/C16H13F3N4O3/c17-16(18,19)15-21-14(22-26-15)11-3-1-10(2-4-11)7-23(12-8-25-9-12)13(24)5-6-20/h1-4,12H,5,7-9H2. The number of nitrogens with zero attached hydrogens (tertiary/aromatic N) is 4. The lowest BCUT2D eigenvalue weighted by Gasteiger charge is -2.37. The fourth-order valence-electron chi connectivity index (χ4n) is 2.41. The van der Waals surface area contributed by atoms with Crippen molar-refractivity contribution in [3.63, 3.8) is 0 Å². The number of hydrogen-bond donors (Lipinski definition) is 0. The number of benzene rings is 1. The van der Waals surface area contributed by atoms with E-state index in [9.17, 15) is 18.0 Å². The molecular formula is C16H13F3N4O3. The van der Waals surface area contributed by atoms with Crippen molar-refractivity contribution in [1.29, 1.82) is 5.26 Å². The van der Waals surface area contributed by atoms with Crippen LogP contribution in [0, 0.1) is 11.3 Å². The summed E-state index contributed by atoms with van der Waals surface area (Å²) in [5.74, 6) is -1.87. The molecule has 2 aromatic rings. The van der Waals surface area contributed by atoms with Crippen LogP contribution in [0.2, 0.25) is 0 Å². The van der Waals surface area contributed by atoms with Crippen molar-refractivity contribution in [2.75, 3.05) is 13.2 Å². The van der Waals surface area contributed by atoms with Crippen molar-refractivity contribution in [3.05, 3.63) is 35.7 Å². The molecule has 0 bridgehead atoms. The van der Waals surface area contributed by atoms with Crippen LogP contribution >= 0.6 is 0 Å². The Morgan fingerprint density at radius 2 is 2.00 bits per heavy atom. The summed E-state index contributed by atoms with van der Waals surface area (Å²) in [6.07, 6.45) is -4.92. The van der Waals surface area contributed by atoms with Crippen LogP contribution in [0.15, 0.2) is 28.8 Å². The van der Waals surface area contributed by atoms with Gasteiger partial charge in [-0.05, 0) is 5.56 Å². The molecule has 0 atom stereocenters. The fraction of sp³-hybridized carbons (Fsp3) is 0.375. The molecule has 0 unspecified atom stereocenters. The molecule has 26 heavy (non-hydrogen) atoms. The lowest BCUT2D eigenvalue weighted by molar-refractivity contribution is -0.159. The third-order valence-corrected chi connectivity index (χ3v) is 3.85. The number of alkyl halides is 3. The van der Waals surface area contributed by atoms with Crippen molar-refractivity contribution in [1.82, 2.24) is 15.0 Å². The highest BCUT2D eigenvalue weighted by Gasteiger charge is 2.38. The SMILES string of the molecule is N#CCC(=O)N(Cc1ccc(-c2noc(C(F)(F)F)n2)cc1)C1COC1. The Hall–Kier alpha value is -2.93. The molecule has 0 spiro atoms. The molecule has 1 amide bonds. The summed E-state index contributed by atoms with van der Waals surface area (Å²) in [4.78, 5) is 17.0. The van der Waals surface area contributed by atoms with Crippen molar-refractivity contribution in [2.24, 2.45) is 0 Å². The number of rotatable bonds is 5. The summed E-state index contributed by atoms with van der Waals surface area (Å²) >= 11 is 0. The number of nitriles is 1. The highest BCUT2D eigenvalue weighted by molar-refractivity contribution is 5.78. The van der Waals surface area contributed by atoms with Gasteiger partial charge in [-0.2, -0.15) is 23.4 Å². The quantitative estimate of drug-likeness (QED) is 0.807. The van der Waals surface area contributed by atoms with E-state index in [0.29, 0.717) is 18.8 Å². The molecule has 1 aromatic carbocycles. The van der Waals surface area contributed by atoms with Gasteiger partial charge in [0.05, 0.1) is 25.3 Å².